The van der Waals surface area contributed by atoms with E-state index in [1.807, 2.05) is 4.90 Å². The van der Waals surface area contributed by atoms with Crippen LogP contribution < -0.4 is 11.1 Å². The fourth-order valence-electron chi connectivity index (χ4n) is 6.20. The number of carbonyl (C=O) groups is 2. The monoisotopic (exact) mass is 426 g/mol. The highest BCUT2D eigenvalue weighted by molar-refractivity contribution is 5.90. The topological polar surface area (TPSA) is 78.7 Å². The van der Waals surface area contributed by atoms with Crippen molar-refractivity contribution in [3.05, 3.63) is 35.4 Å². The molecule has 1 aromatic carbocycles. The number of urea groups is 1. The van der Waals surface area contributed by atoms with E-state index in [9.17, 15) is 9.59 Å². The smallest absolute Gasteiger partial charge is 0.312 e. The van der Waals surface area contributed by atoms with E-state index in [-0.39, 0.29) is 5.91 Å². The first-order chi connectivity index (χ1) is 14.9. The Morgan fingerprint density at radius 1 is 1.16 bits per heavy atom. The van der Waals surface area contributed by atoms with Crippen LogP contribution in [0.5, 0.6) is 0 Å². The molecule has 0 unspecified atom stereocenters. The fraction of sp³-hybridized carbons (Fsp3) is 0.680. The number of rotatable bonds is 5. The molecule has 1 aromatic rings. The lowest BCUT2D eigenvalue weighted by Gasteiger charge is -2.49. The molecular weight excluding hydrogens is 388 g/mol. The zero-order valence-corrected chi connectivity index (χ0v) is 19.1. The third-order valence-corrected chi connectivity index (χ3v) is 8.12. The summed E-state index contributed by atoms with van der Waals surface area (Å²) >= 11 is 0. The molecule has 1 spiro atoms. The predicted molar refractivity (Wildman–Crippen MR) is 123 cm³/mol. The number of hydrogen-bond donors (Lipinski definition) is 2. The zero-order valence-electron chi connectivity index (χ0n) is 19.1. The lowest BCUT2D eigenvalue weighted by atomic mass is 9.67. The zero-order chi connectivity index (χ0) is 22.0. The summed E-state index contributed by atoms with van der Waals surface area (Å²) in [4.78, 5) is 29.3. The Morgan fingerprint density at radius 2 is 1.84 bits per heavy atom. The summed E-state index contributed by atoms with van der Waals surface area (Å²) in [7, 11) is 0. The van der Waals surface area contributed by atoms with Gasteiger partial charge in [0, 0.05) is 25.7 Å². The molecule has 1 saturated carbocycles. The van der Waals surface area contributed by atoms with Crippen LogP contribution in [0.4, 0.5) is 4.79 Å². The fourth-order valence-corrected chi connectivity index (χ4v) is 6.20. The number of nitrogens with two attached hydrogens (primary N) is 1. The number of nitrogens with one attached hydrogen (secondary N) is 1. The van der Waals surface area contributed by atoms with Crippen molar-refractivity contribution < 1.29 is 9.59 Å². The van der Waals surface area contributed by atoms with Crippen molar-refractivity contribution >= 4 is 11.9 Å². The molecule has 4 rings (SSSR count). The Kier molecular flexibility index (Phi) is 6.56. The number of hydrogen-bond acceptors (Lipinski definition) is 3. The maximum absolute atomic E-state index is 13.7. The number of amides is 3. The molecule has 3 aliphatic rings. The van der Waals surface area contributed by atoms with E-state index in [1.165, 1.54) is 36.8 Å². The molecule has 3 amide bonds. The third-order valence-electron chi connectivity index (χ3n) is 8.12. The molecule has 2 heterocycles. The summed E-state index contributed by atoms with van der Waals surface area (Å²) in [6.07, 6.45) is 7.04. The molecule has 3 N–H and O–H groups in total. The van der Waals surface area contributed by atoms with Crippen LogP contribution in [0.2, 0.25) is 0 Å². The first kappa shape index (κ1) is 22.1. The van der Waals surface area contributed by atoms with Gasteiger partial charge in [-0.25, -0.2) is 4.79 Å². The molecule has 1 aliphatic carbocycles. The van der Waals surface area contributed by atoms with Gasteiger partial charge >= 0.3 is 6.03 Å². The van der Waals surface area contributed by atoms with Crippen LogP contribution in [0.15, 0.2) is 24.3 Å². The highest BCUT2D eigenvalue weighted by Gasteiger charge is 2.49. The number of likely N-dealkylation sites (tertiary alicyclic amines) is 1. The van der Waals surface area contributed by atoms with Gasteiger partial charge in [0.2, 0.25) is 5.91 Å². The molecule has 2 aliphatic heterocycles. The Labute approximate surface area is 186 Å². The van der Waals surface area contributed by atoms with Crippen molar-refractivity contribution in [1.29, 1.82) is 0 Å². The van der Waals surface area contributed by atoms with Crippen molar-refractivity contribution in [3.63, 3.8) is 0 Å². The molecule has 6 nitrogen and oxygen atoms in total. The second kappa shape index (κ2) is 9.19. The predicted octanol–water partition coefficient (Wildman–Crippen LogP) is 3.25. The van der Waals surface area contributed by atoms with Gasteiger partial charge in [0.05, 0.1) is 5.41 Å². The van der Waals surface area contributed by atoms with Crippen LogP contribution >= 0.6 is 0 Å². The Hall–Kier alpha value is -2.08. The van der Waals surface area contributed by atoms with Crippen LogP contribution in [0.3, 0.4) is 0 Å². The molecule has 2 fully saturated rings. The van der Waals surface area contributed by atoms with E-state index in [1.54, 1.807) is 0 Å². The minimum absolute atomic E-state index is 0.223. The minimum atomic E-state index is -0.542. The SMILES string of the molecule is CC(C)[C@H]1CC[C@@H](N2CCC3(CC2)C(=O)N(CCNC(N)=O)Cc2ccccc23)CC1. The number of benzene rings is 1. The molecular formula is C25H38N4O2. The summed E-state index contributed by atoms with van der Waals surface area (Å²) in [5.74, 6) is 1.89. The number of piperidine rings is 1. The lowest BCUT2D eigenvalue weighted by molar-refractivity contribution is -0.142. The van der Waals surface area contributed by atoms with Crippen molar-refractivity contribution in [1.82, 2.24) is 15.1 Å². The van der Waals surface area contributed by atoms with Gasteiger partial charge in [-0.05, 0) is 74.6 Å². The van der Waals surface area contributed by atoms with Gasteiger partial charge in [-0.2, -0.15) is 0 Å². The Balaban J connectivity index is 1.46. The first-order valence-electron chi connectivity index (χ1n) is 12.1. The van der Waals surface area contributed by atoms with Crippen LogP contribution in [0.25, 0.3) is 0 Å². The Morgan fingerprint density at radius 3 is 2.48 bits per heavy atom. The van der Waals surface area contributed by atoms with E-state index in [4.69, 9.17) is 5.73 Å². The summed E-state index contributed by atoms with van der Waals surface area (Å²) in [5, 5.41) is 2.63. The van der Waals surface area contributed by atoms with Gasteiger partial charge in [-0.3, -0.25) is 4.79 Å². The second-order valence-corrected chi connectivity index (χ2v) is 10.1. The molecule has 0 bridgehead atoms. The summed E-state index contributed by atoms with van der Waals surface area (Å²) in [6, 6.07) is 8.58. The van der Waals surface area contributed by atoms with Gasteiger partial charge in [0.15, 0.2) is 0 Å². The average molecular weight is 427 g/mol. The maximum Gasteiger partial charge on any atom is 0.312 e. The average Bonchev–Trinajstić information content (AvgIpc) is 2.77. The van der Waals surface area contributed by atoms with Crippen LogP contribution in [-0.2, 0) is 16.8 Å². The van der Waals surface area contributed by atoms with Gasteiger partial charge in [0.25, 0.3) is 0 Å². The van der Waals surface area contributed by atoms with E-state index < -0.39 is 11.4 Å². The van der Waals surface area contributed by atoms with Crippen LogP contribution in [0.1, 0.15) is 63.5 Å². The van der Waals surface area contributed by atoms with E-state index in [0.717, 1.165) is 37.8 Å². The number of primary amides is 1. The van der Waals surface area contributed by atoms with Gasteiger partial charge in [-0.1, -0.05) is 38.1 Å². The van der Waals surface area contributed by atoms with E-state index in [0.29, 0.717) is 25.7 Å². The lowest BCUT2D eigenvalue weighted by Crippen LogP contribution is -2.58. The van der Waals surface area contributed by atoms with Gasteiger partial charge < -0.3 is 20.9 Å². The first-order valence-corrected chi connectivity index (χ1v) is 12.1. The van der Waals surface area contributed by atoms with Crippen molar-refractivity contribution in [3.8, 4) is 0 Å². The summed E-state index contributed by atoms with van der Waals surface area (Å²) < 4.78 is 0. The highest BCUT2D eigenvalue weighted by Crippen LogP contribution is 2.44. The number of nitrogens with zero attached hydrogens (tertiary/aromatic N) is 2. The van der Waals surface area contributed by atoms with E-state index in [2.05, 4.69) is 48.3 Å². The third kappa shape index (κ3) is 4.45. The Bertz CT molecular complexity index is 792. The second-order valence-electron chi connectivity index (χ2n) is 10.1. The minimum Gasteiger partial charge on any atom is -0.352 e. The largest absolute Gasteiger partial charge is 0.352 e. The van der Waals surface area contributed by atoms with Crippen LogP contribution in [0, 0.1) is 11.8 Å². The molecule has 170 valence electrons. The van der Waals surface area contributed by atoms with Crippen molar-refractivity contribution in [2.75, 3.05) is 26.2 Å². The molecule has 0 aromatic heterocycles. The highest BCUT2D eigenvalue weighted by atomic mass is 16.2. The van der Waals surface area contributed by atoms with Crippen molar-refractivity contribution in [2.24, 2.45) is 17.6 Å². The molecule has 31 heavy (non-hydrogen) atoms. The molecule has 0 radical (unpaired) electrons. The summed E-state index contributed by atoms with van der Waals surface area (Å²) in [5.41, 5.74) is 7.25. The number of carbonyl (C=O) groups excluding carboxylic acids is 2. The molecule has 1 saturated heterocycles. The number of fused-ring (bicyclic) bond motifs is 2. The standard InChI is InChI=1S/C25H38N4O2/c1-18(2)19-7-9-21(10-8-19)28-14-11-25(12-15-28)22-6-4-3-5-20(22)17-29(23(25)30)16-13-27-24(26)31/h3-6,18-19,21H,7-17H2,1-2H3,(H3,26,27,31)/t19-,21+. The van der Waals surface area contributed by atoms with E-state index >= 15 is 0 Å². The van der Waals surface area contributed by atoms with Crippen LogP contribution in [-0.4, -0.2) is 54.0 Å². The van der Waals surface area contributed by atoms with Crippen molar-refractivity contribution in [2.45, 2.75) is 70.4 Å². The quantitative estimate of drug-likeness (QED) is 0.759. The summed E-state index contributed by atoms with van der Waals surface area (Å²) in [6.45, 7) is 8.19. The van der Waals surface area contributed by atoms with Gasteiger partial charge in [-0.15, -0.1) is 0 Å². The normalized spacial score (nSPS) is 26.2. The molecule has 0 atom stereocenters. The van der Waals surface area contributed by atoms with Gasteiger partial charge in [0.1, 0.15) is 0 Å². The molecule has 6 heteroatoms. The maximum atomic E-state index is 13.7.